The second kappa shape index (κ2) is 10.7. The molecule has 0 rings (SSSR count). The van der Waals surface area contributed by atoms with Crippen molar-refractivity contribution in [3.63, 3.8) is 0 Å². The minimum atomic E-state index is -3.67. The zero-order chi connectivity index (χ0) is 6.28. The Hall–Kier alpha value is 1.77. The second-order valence-electron chi connectivity index (χ2n) is 0.291. The van der Waals surface area contributed by atoms with Crippen molar-refractivity contribution in [3.8, 4) is 0 Å². The van der Waals surface area contributed by atoms with Crippen molar-refractivity contribution in [2.75, 3.05) is 0 Å². The predicted molar refractivity (Wildman–Crippen MR) is 35.2 cm³/mol. The number of rotatable bonds is 0. The summed E-state index contributed by atoms with van der Waals surface area (Å²) in [4.78, 5) is 0. The van der Waals surface area contributed by atoms with Crippen LogP contribution in [0.4, 0.5) is 13.2 Å². The van der Waals surface area contributed by atoms with Crippen molar-refractivity contribution in [1.82, 2.24) is 0 Å². The molecule has 0 radical (unpaired) electrons. The van der Waals surface area contributed by atoms with E-state index < -0.39 is 6.68 Å². The van der Waals surface area contributed by atoms with E-state index in [1.54, 1.807) is 8.46 Å². The molecule has 6 heteroatoms. The SMILES string of the molecule is FC(F)F.[I][Cu][I]. The third-order valence-corrected chi connectivity index (χ3v) is 0. The zero-order valence-electron chi connectivity index (χ0n) is 2.77. The van der Waals surface area contributed by atoms with Gasteiger partial charge in [-0.05, 0) is 0 Å². The molecule has 0 N–H and O–H groups in total. The number of hydrogen-bond acceptors (Lipinski definition) is 0. The van der Waals surface area contributed by atoms with E-state index in [9.17, 15) is 13.2 Å². The first kappa shape index (κ1) is 11.6. The van der Waals surface area contributed by atoms with Crippen molar-refractivity contribution in [2.24, 2.45) is 0 Å². The van der Waals surface area contributed by atoms with Gasteiger partial charge >= 0.3 is 55.8 Å². The molecule has 0 nitrogen and oxygen atoms in total. The summed E-state index contributed by atoms with van der Waals surface area (Å²) in [6.45, 7) is -3.67. The Morgan fingerprint density at radius 1 is 1.14 bits per heavy atom. The summed E-state index contributed by atoms with van der Waals surface area (Å²) in [6.07, 6.45) is 0. The first-order valence-electron chi connectivity index (χ1n) is 0.883. The van der Waals surface area contributed by atoms with E-state index in [0.717, 1.165) is 0 Å². The van der Waals surface area contributed by atoms with Gasteiger partial charge in [0.25, 0.3) is 0 Å². The second-order valence-corrected chi connectivity index (χ2v) is 8.24. The molecule has 0 aromatic heterocycles. The summed E-state index contributed by atoms with van der Waals surface area (Å²) in [5, 5.41) is 0. The Morgan fingerprint density at radius 3 is 1.14 bits per heavy atom. The zero-order valence-corrected chi connectivity index (χ0v) is 8.03. The Kier molecular flexibility index (Phi) is 17.7. The van der Waals surface area contributed by atoms with Gasteiger partial charge in [-0.15, -0.1) is 0 Å². The molecule has 0 unspecified atom stereocenters. The van der Waals surface area contributed by atoms with Crippen LogP contribution < -0.4 is 0 Å². The van der Waals surface area contributed by atoms with Gasteiger partial charge < -0.3 is 0 Å². The van der Waals surface area contributed by atoms with E-state index >= 15 is 0 Å². The Bertz CT molecular complexity index is 24.1. The Labute approximate surface area is 68.2 Å². The monoisotopic (exact) mass is 387 g/mol. The standard InChI is InChI=1S/CHF3.Cu.2HI/c2-1(3)4;;;/h1H;;2*1H/q;+2;;/p-2. The van der Waals surface area contributed by atoms with E-state index in [4.69, 9.17) is 0 Å². The molecule has 0 aliphatic heterocycles. The van der Waals surface area contributed by atoms with Gasteiger partial charge in [-0.25, -0.2) is 0 Å². The minimum absolute atomic E-state index is 1.75. The van der Waals surface area contributed by atoms with Crippen molar-refractivity contribution < 1.29 is 21.6 Å². The van der Waals surface area contributed by atoms with Crippen LogP contribution in [0, 0.1) is 0 Å². The number of halogens is 5. The first-order chi connectivity index (χ1) is 3.15. The van der Waals surface area contributed by atoms with Crippen LogP contribution in [0.25, 0.3) is 0 Å². The summed E-state index contributed by atoms with van der Waals surface area (Å²) in [5.74, 6) is 0. The summed E-state index contributed by atoms with van der Waals surface area (Å²) in [5.41, 5.74) is 0. The summed E-state index contributed by atoms with van der Waals surface area (Å²) in [7, 11) is 1.75. The molecule has 0 heterocycles. The maximum atomic E-state index is 9.67. The molecule has 0 fully saturated rings. The summed E-state index contributed by atoms with van der Waals surface area (Å²) in [6, 6.07) is 0. The molecule has 0 bridgehead atoms. The molecule has 7 heavy (non-hydrogen) atoms. The quantitative estimate of drug-likeness (QED) is 0.443. The van der Waals surface area contributed by atoms with Gasteiger partial charge in [-0.1, -0.05) is 0 Å². The first-order valence-corrected chi connectivity index (χ1v) is 6.96. The average molecular weight is 387 g/mol. The third-order valence-electron chi connectivity index (χ3n) is 0. The normalized spacial score (nSPS) is 8.29. The van der Waals surface area contributed by atoms with Crippen molar-refractivity contribution >= 4 is 40.7 Å². The number of hydrogen-bond donors (Lipinski definition) is 0. The molecular weight excluding hydrogens is 386 g/mol. The molecule has 0 spiro atoms. The van der Waals surface area contributed by atoms with Crippen LogP contribution in [0.15, 0.2) is 0 Å². The summed E-state index contributed by atoms with van der Waals surface area (Å²) >= 11 is 4.36. The fraction of sp³-hybridized carbons (Fsp3) is 1.00. The maximum absolute atomic E-state index is 9.67. The van der Waals surface area contributed by atoms with Crippen molar-refractivity contribution in [3.05, 3.63) is 0 Å². The van der Waals surface area contributed by atoms with E-state index in [1.165, 1.54) is 0 Å². The topological polar surface area (TPSA) is 0 Å². The van der Waals surface area contributed by atoms with Gasteiger partial charge in [-0.2, -0.15) is 13.2 Å². The van der Waals surface area contributed by atoms with Crippen LogP contribution in [-0.2, 0) is 8.46 Å². The Morgan fingerprint density at radius 2 is 1.14 bits per heavy atom. The van der Waals surface area contributed by atoms with E-state index in [1.807, 2.05) is 0 Å². The van der Waals surface area contributed by atoms with Gasteiger partial charge in [0.15, 0.2) is 0 Å². The molecule has 0 aromatic rings. The molecule has 0 saturated carbocycles. The van der Waals surface area contributed by atoms with Gasteiger partial charge in [0.2, 0.25) is 0 Å². The van der Waals surface area contributed by atoms with E-state index in [2.05, 4.69) is 40.7 Å². The van der Waals surface area contributed by atoms with Crippen LogP contribution in [0.3, 0.4) is 0 Å². The van der Waals surface area contributed by atoms with Gasteiger partial charge in [0.1, 0.15) is 0 Å². The van der Waals surface area contributed by atoms with Gasteiger partial charge in [-0.3, -0.25) is 0 Å². The van der Waals surface area contributed by atoms with Crippen molar-refractivity contribution in [1.29, 1.82) is 0 Å². The molecule has 0 aliphatic rings. The molecule has 0 saturated heterocycles. The van der Waals surface area contributed by atoms with Gasteiger partial charge in [0.05, 0.1) is 0 Å². The average Bonchev–Trinajstić information content (AvgIpc) is 1.33. The molecule has 51 valence electrons. The summed E-state index contributed by atoms with van der Waals surface area (Å²) < 4.78 is 29.0. The fourth-order valence-electron chi connectivity index (χ4n) is 0. The fourth-order valence-corrected chi connectivity index (χ4v) is 0. The molecule has 0 amide bonds. The van der Waals surface area contributed by atoms with Crippen LogP contribution >= 0.6 is 40.7 Å². The molecule has 0 aromatic carbocycles. The van der Waals surface area contributed by atoms with Crippen LogP contribution in [0.2, 0.25) is 0 Å². The Balaban J connectivity index is 0. The van der Waals surface area contributed by atoms with E-state index in [-0.39, 0.29) is 0 Å². The van der Waals surface area contributed by atoms with Crippen LogP contribution in [-0.4, -0.2) is 6.68 Å². The van der Waals surface area contributed by atoms with Crippen molar-refractivity contribution in [2.45, 2.75) is 6.68 Å². The van der Waals surface area contributed by atoms with Crippen LogP contribution in [0.1, 0.15) is 0 Å². The third kappa shape index (κ3) is 82.6. The number of alkyl halides is 3. The van der Waals surface area contributed by atoms with Crippen LogP contribution in [0.5, 0.6) is 0 Å². The van der Waals surface area contributed by atoms with Gasteiger partial charge in [0, 0.05) is 0 Å². The molecule has 0 aliphatic carbocycles. The molecular formula is CHCuF3I2. The molecule has 0 atom stereocenters. The predicted octanol–water partition coefficient (Wildman–Crippen LogP) is 2.95. The van der Waals surface area contributed by atoms with E-state index in [0.29, 0.717) is 0 Å².